The highest BCUT2D eigenvalue weighted by Gasteiger charge is 2.31. The highest BCUT2D eigenvalue weighted by Crippen LogP contribution is 2.20. The molecule has 0 atom stereocenters. The van der Waals surface area contributed by atoms with Gasteiger partial charge in [-0.2, -0.15) is 0 Å². The first kappa shape index (κ1) is 24.0. The molecule has 8 nitrogen and oxygen atoms in total. The van der Waals surface area contributed by atoms with E-state index >= 15 is 0 Å². The van der Waals surface area contributed by atoms with E-state index in [9.17, 15) is 14.4 Å². The number of unbranched alkanes of at least 4 members (excludes halogenated alkanes) is 1. The molecule has 1 aromatic carbocycles. The van der Waals surface area contributed by atoms with Crippen molar-refractivity contribution in [2.24, 2.45) is 5.92 Å². The van der Waals surface area contributed by atoms with Crippen LogP contribution in [0.2, 0.25) is 0 Å². The summed E-state index contributed by atoms with van der Waals surface area (Å²) in [4.78, 5) is 43.6. The number of piperidine rings is 1. The second-order valence-corrected chi connectivity index (χ2v) is 8.69. The van der Waals surface area contributed by atoms with Crippen LogP contribution in [0.3, 0.4) is 0 Å². The summed E-state index contributed by atoms with van der Waals surface area (Å²) in [5.74, 6) is 0.567. The van der Waals surface area contributed by atoms with Crippen LogP contribution in [0.25, 0.3) is 0 Å². The third-order valence-electron chi connectivity index (χ3n) is 6.30. The Balaban J connectivity index is 1.38. The minimum atomic E-state index is -0.279. The maximum absolute atomic E-state index is 12.7. The molecule has 1 aromatic rings. The number of piperazine rings is 1. The minimum Gasteiger partial charge on any atom is -0.494 e. The van der Waals surface area contributed by atoms with Crippen molar-refractivity contribution in [3.05, 3.63) is 29.8 Å². The van der Waals surface area contributed by atoms with Crippen molar-refractivity contribution in [2.45, 2.75) is 32.6 Å². The first-order valence-electron chi connectivity index (χ1n) is 11.7. The average Bonchev–Trinajstić information content (AvgIpc) is 2.83. The van der Waals surface area contributed by atoms with Crippen LogP contribution in [0.4, 0.5) is 0 Å². The Morgan fingerprint density at radius 1 is 0.969 bits per heavy atom. The van der Waals surface area contributed by atoms with Gasteiger partial charge < -0.3 is 24.8 Å². The Morgan fingerprint density at radius 2 is 1.62 bits per heavy atom. The Kier molecular flexibility index (Phi) is 8.90. The lowest BCUT2D eigenvalue weighted by Gasteiger charge is -2.37. The molecule has 0 radical (unpaired) electrons. The van der Waals surface area contributed by atoms with Gasteiger partial charge in [-0.3, -0.25) is 14.4 Å². The molecule has 2 heterocycles. The monoisotopic (exact) mass is 444 g/mol. The SMILES string of the molecule is CCCCOc1ccc(C(=O)NCC(=O)N2CCC(C(=O)N3CCN(C)CC3)CC2)cc1. The Hall–Kier alpha value is -2.61. The summed E-state index contributed by atoms with van der Waals surface area (Å²) in [6.07, 6.45) is 3.43. The number of hydrogen-bond donors (Lipinski definition) is 1. The van der Waals surface area contributed by atoms with E-state index in [0.29, 0.717) is 38.1 Å². The summed E-state index contributed by atoms with van der Waals surface area (Å²) in [5.41, 5.74) is 0.497. The maximum atomic E-state index is 12.7. The Labute approximate surface area is 190 Å². The van der Waals surface area contributed by atoms with Crippen molar-refractivity contribution in [1.82, 2.24) is 20.0 Å². The summed E-state index contributed by atoms with van der Waals surface area (Å²) in [6.45, 7) is 7.24. The van der Waals surface area contributed by atoms with E-state index in [1.54, 1.807) is 29.2 Å². The van der Waals surface area contributed by atoms with E-state index in [1.165, 1.54) is 0 Å². The van der Waals surface area contributed by atoms with Crippen LogP contribution in [0.15, 0.2) is 24.3 Å². The van der Waals surface area contributed by atoms with Gasteiger partial charge in [0.25, 0.3) is 5.91 Å². The van der Waals surface area contributed by atoms with Crippen LogP contribution >= 0.6 is 0 Å². The van der Waals surface area contributed by atoms with Crippen molar-refractivity contribution in [3.63, 3.8) is 0 Å². The molecule has 0 aliphatic carbocycles. The first-order valence-corrected chi connectivity index (χ1v) is 11.7. The third kappa shape index (κ3) is 6.69. The largest absolute Gasteiger partial charge is 0.494 e. The van der Waals surface area contributed by atoms with Crippen molar-refractivity contribution < 1.29 is 19.1 Å². The maximum Gasteiger partial charge on any atom is 0.251 e. The highest BCUT2D eigenvalue weighted by molar-refractivity contribution is 5.96. The average molecular weight is 445 g/mol. The topological polar surface area (TPSA) is 82.2 Å². The van der Waals surface area contributed by atoms with Gasteiger partial charge >= 0.3 is 0 Å². The van der Waals surface area contributed by atoms with Crippen LogP contribution in [0.1, 0.15) is 43.0 Å². The molecule has 0 aromatic heterocycles. The van der Waals surface area contributed by atoms with E-state index in [1.807, 2.05) is 4.90 Å². The molecule has 3 rings (SSSR count). The number of benzene rings is 1. The molecule has 2 aliphatic heterocycles. The number of ether oxygens (including phenoxy) is 1. The summed E-state index contributed by atoms with van der Waals surface area (Å²) >= 11 is 0. The molecule has 1 N–H and O–H groups in total. The van der Waals surface area contributed by atoms with Crippen LogP contribution in [-0.2, 0) is 9.59 Å². The van der Waals surface area contributed by atoms with Crippen molar-refractivity contribution in [2.75, 3.05) is 59.5 Å². The lowest BCUT2D eigenvalue weighted by molar-refractivity contribution is -0.141. The third-order valence-corrected chi connectivity index (χ3v) is 6.30. The van der Waals surface area contributed by atoms with Gasteiger partial charge in [0.1, 0.15) is 5.75 Å². The quantitative estimate of drug-likeness (QED) is 0.616. The van der Waals surface area contributed by atoms with Gasteiger partial charge in [0.15, 0.2) is 0 Å². The van der Waals surface area contributed by atoms with Gasteiger partial charge in [-0.05, 0) is 50.6 Å². The van der Waals surface area contributed by atoms with Crippen molar-refractivity contribution in [1.29, 1.82) is 0 Å². The zero-order chi connectivity index (χ0) is 22.9. The van der Waals surface area contributed by atoms with E-state index in [-0.39, 0.29) is 30.2 Å². The summed E-state index contributed by atoms with van der Waals surface area (Å²) in [7, 11) is 2.07. The molecular formula is C24H36N4O4. The Bertz CT molecular complexity index is 767. The van der Waals surface area contributed by atoms with Gasteiger partial charge in [0.05, 0.1) is 13.2 Å². The fraction of sp³-hybridized carbons (Fsp3) is 0.625. The number of nitrogens with zero attached hydrogens (tertiary/aromatic N) is 3. The molecule has 3 amide bonds. The van der Waals surface area contributed by atoms with Gasteiger partial charge in [-0.15, -0.1) is 0 Å². The minimum absolute atomic E-state index is 0.00453. The molecule has 176 valence electrons. The van der Waals surface area contributed by atoms with E-state index < -0.39 is 0 Å². The number of hydrogen-bond acceptors (Lipinski definition) is 5. The molecule has 0 saturated carbocycles. The number of rotatable bonds is 8. The second kappa shape index (κ2) is 11.9. The fourth-order valence-corrected chi connectivity index (χ4v) is 4.07. The molecule has 2 saturated heterocycles. The van der Waals surface area contributed by atoms with Gasteiger partial charge in [-0.25, -0.2) is 0 Å². The van der Waals surface area contributed by atoms with Gasteiger partial charge in [-0.1, -0.05) is 13.3 Å². The van der Waals surface area contributed by atoms with Crippen molar-refractivity contribution in [3.8, 4) is 5.75 Å². The number of carbonyl (C=O) groups is 3. The predicted molar refractivity (Wildman–Crippen MR) is 123 cm³/mol. The number of likely N-dealkylation sites (N-methyl/N-ethyl adjacent to an activating group) is 1. The number of nitrogens with one attached hydrogen (secondary N) is 1. The Morgan fingerprint density at radius 3 is 2.25 bits per heavy atom. The molecule has 2 aliphatic rings. The number of carbonyl (C=O) groups excluding carboxylic acids is 3. The predicted octanol–water partition coefficient (Wildman–Crippen LogP) is 1.61. The van der Waals surface area contributed by atoms with E-state index in [4.69, 9.17) is 4.74 Å². The first-order chi connectivity index (χ1) is 15.5. The lowest BCUT2D eigenvalue weighted by atomic mass is 9.95. The lowest BCUT2D eigenvalue weighted by Crippen LogP contribution is -2.51. The molecule has 2 fully saturated rings. The standard InChI is InChI=1S/C24H36N4O4/c1-3-4-17-32-21-7-5-19(6-8-21)23(30)25-18-22(29)27-11-9-20(10-12-27)24(31)28-15-13-26(2)14-16-28/h5-8,20H,3-4,9-18H2,1-2H3,(H,25,30). The van der Waals surface area contributed by atoms with Crippen LogP contribution < -0.4 is 10.1 Å². The summed E-state index contributed by atoms with van der Waals surface area (Å²) in [6, 6.07) is 6.95. The molecule has 0 bridgehead atoms. The molecular weight excluding hydrogens is 408 g/mol. The summed E-state index contributed by atoms with van der Waals surface area (Å²) in [5, 5.41) is 2.71. The molecule has 8 heteroatoms. The number of likely N-dealkylation sites (tertiary alicyclic amines) is 1. The molecule has 0 spiro atoms. The van der Waals surface area contributed by atoms with Crippen molar-refractivity contribution >= 4 is 17.7 Å². The second-order valence-electron chi connectivity index (χ2n) is 8.69. The normalized spacial score (nSPS) is 17.8. The molecule has 32 heavy (non-hydrogen) atoms. The molecule has 0 unspecified atom stereocenters. The fourth-order valence-electron chi connectivity index (χ4n) is 4.07. The smallest absolute Gasteiger partial charge is 0.251 e. The number of amides is 3. The van der Waals surface area contributed by atoms with Gasteiger partial charge in [0.2, 0.25) is 11.8 Å². The van der Waals surface area contributed by atoms with Gasteiger partial charge in [0, 0.05) is 50.7 Å². The zero-order valence-electron chi connectivity index (χ0n) is 19.3. The van der Waals surface area contributed by atoms with Crippen LogP contribution in [0.5, 0.6) is 5.75 Å². The van der Waals surface area contributed by atoms with E-state index in [0.717, 1.165) is 44.8 Å². The highest BCUT2D eigenvalue weighted by atomic mass is 16.5. The zero-order valence-corrected chi connectivity index (χ0v) is 19.3. The summed E-state index contributed by atoms with van der Waals surface area (Å²) < 4.78 is 5.61. The van der Waals surface area contributed by atoms with Crippen LogP contribution in [0, 0.1) is 5.92 Å². The van der Waals surface area contributed by atoms with E-state index in [2.05, 4.69) is 24.2 Å². The van der Waals surface area contributed by atoms with Crippen LogP contribution in [-0.4, -0.2) is 91.9 Å².